The molecule has 19 heavy (non-hydrogen) atoms. The number of rotatable bonds is 4. The molecule has 0 amide bonds. The normalized spacial score (nSPS) is 12.7. The molecule has 8 heteroatoms. The molecule has 2 aromatic heterocycles. The van der Waals surface area contributed by atoms with Crippen molar-refractivity contribution in [3.63, 3.8) is 0 Å². The van der Waals surface area contributed by atoms with Crippen LogP contribution in [0, 0.1) is 5.92 Å². The highest BCUT2D eigenvalue weighted by Crippen LogP contribution is 2.17. The highest BCUT2D eigenvalue weighted by atomic mass is 35.5. The molecule has 102 valence electrons. The zero-order chi connectivity index (χ0) is 14.0. The van der Waals surface area contributed by atoms with Gasteiger partial charge < -0.3 is 4.90 Å². The summed E-state index contributed by atoms with van der Waals surface area (Å²) in [5.41, 5.74) is 0. The molecule has 0 bridgehead atoms. The Morgan fingerprint density at radius 3 is 2.53 bits per heavy atom. The van der Waals surface area contributed by atoms with E-state index in [-0.39, 0.29) is 11.3 Å². The molecule has 0 saturated carbocycles. The molecule has 7 nitrogen and oxygen atoms in total. The number of nitrogens with zero attached hydrogens (tertiary/aromatic N) is 7. The van der Waals surface area contributed by atoms with Crippen LogP contribution < -0.4 is 4.90 Å². The molecule has 0 radical (unpaired) electrons. The van der Waals surface area contributed by atoms with Gasteiger partial charge in [0.15, 0.2) is 0 Å². The Labute approximate surface area is 116 Å². The Hall–Kier alpha value is -1.76. The summed E-state index contributed by atoms with van der Waals surface area (Å²) in [4.78, 5) is 18.4. The molecular weight excluding hydrogens is 266 g/mol. The lowest BCUT2D eigenvalue weighted by molar-refractivity contribution is 0.498. The van der Waals surface area contributed by atoms with E-state index < -0.39 is 0 Å². The van der Waals surface area contributed by atoms with E-state index in [1.807, 2.05) is 11.9 Å². The van der Waals surface area contributed by atoms with E-state index in [0.29, 0.717) is 17.8 Å². The Kier molecular flexibility index (Phi) is 3.94. The van der Waals surface area contributed by atoms with Crippen LogP contribution in [0.5, 0.6) is 0 Å². The Balaban J connectivity index is 2.37. The van der Waals surface area contributed by atoms with Crippen LogP contribution in [0.2, 0.25) is 5.28 Å². The Morgan fingerprint density at radius 1 is 1.21 bits per heavy atom. The van der Waals surface area contributed by atoms with Crippen LogP contribution in [-0.4, -0.2) is 42.8 Å². The van der Waals surface area contributed by atoms with Gasteiger partial charge in [-0.2, -0.15) is 24.7 Å². The van der Waals surface area contributed by atoms with Crippen LogP contribution >= 0.6 is 11.6 Å². The van der Waals surface area contributed by atoms with E-state index >= 15 is 0 Å². The van der Waals surface area contributed by atoms with Crippen LogP contribution in [-0.2, 0) is 0 Å². The van der Waals surface area contributed by atoms with E-state index in [2.05, 4.69) is 45.8 Å². The SMILES string of the molecule is CC(C)C(C)N(C)c1nc(Cl)nc(-n2cncn2)n1. The summed E-state index contributed by atoms with van der Waals surface area (Å²) in [6.07, 6.45) is 2.93. The molecule has 2 heterocycles. The van der Waals surface area contributed by atoms with Gasteiger partial charge in [0, 0.05) is 13.1 Å². The van der Waals surface area contributed by atoms with Crippen molar-refractivity contribution in [3.8, 4) is 5.95 Å². The molecule has 0 aliphatic carbocycles. The fourth-order valence-electron chi connectivity index (χ4n) is 1.53. The highest BCUT2D eigenvalue weighted by Gasteiger charge is 2.18. The van der Waals surface area contributed by atoms with Crippen molar-refractivity contribution in [2.75, 3.05) is 11.9 Å². The molecule has 0 fully saturated rings. The Morgan fingerprint density at radius 2 is 1.95 bits per heavy atom. The Bertz CT molecular complexity index is 540. The lowest BCUT2D eigenvalue weighted by atomic mass is 10.1. The van der Waals surface area contributed by atoms with Gasteiger partial charge in [-0.25, -0.2) is 4.98 Å². The van der Waals surface area contributed by atoms with Crippen molar-refractivity contribution in [2.45, 2.75) is 26.8 Å². The van der Waals surface area contributed by atoms with E-state index in [4.69, 9.17) is 11.6 Å². The summed E-state index contributed by atoms with van der Waals surface area (Å²) in [6, 6.07) is 0.280. The lowest BCUT2D eigenvalue weighted by Crippen LogP contribution is -2.34. The molecule has 0 aliphatic rings. The molecule has 2 aromatic rings. The minimum absolute atomic E-state index is 0.137. The smallest absolute Gasteiger partial charge is 0.258 e. The summed E-state index contributed by atoms with van der Waals surface area (Å²) in [6.45, 7) is 6.39. The zero-order valence-electron chi connectivity index (χ0n) is 11.3. The van der Waals surface area contributed by atoms with Gasteiger partial charge >= 0.3 is 0 Å². The summed E-state index contributed by atoms with van der Waals surface area (Å²) in [5.74, 6) is 1.34. The minimum Gasteiger partial charge on any atom is -0.341 e. The van der Waals surface area contributed by atoms with Crippen LogP contribution in [0.1, 0.15) is 20.8 Å². The van der Waals surface area contributed by atoms with Gasteiger partial charge in [-0.15, -0.1) is 0 Å². The molecule has 0 N–H and O–H groups in total. The van der Waals surface area contributed by atoms with Crippen molar-refractivity contribution < 1.29 is 0 Å². The van der Waals surface area contributed by atoms with Gasteiger partial charge in [-0.05, 0) is 24.4 Å². The first-order valence-electron chi connectivity index (χ1n) is 5.98. The maximum absolute atomic E-state index is 5.94. The van der Waals surface area contributed by atoms with E-state index in [0.717, 1.165) is 0 Å². The van der Waals surface area contributed by atoms with Gasteiger partial charge in [-0.3, -0.25) is 0 Å². The third-order valence-corrected chi connectivity index (χ3v) is 3.27. The van der Waals surface area contributed by atoms with Gasteiger partial charge in [0.2, 0.25) is 11.2 Å². The van der Waals surface area contributed by atoms with Crippen molar-refractivity contribution in [2.24, 2.45) is 5.92 Å². The third kappa shape index (κ3) is 2.98. The van der Waals surface area contributed by atoms with Crippen LogP contribution in [0.15, 0.2) is 12.7 Å². The fraction of sp³-hybridized carbons (Fsp3) is 0.545. The molecule has 0 aliphatic heterocycles. The topological polar surface area (TPSA) is 72.6 Å². The quantitative estimate of drug-likeness (QED) is 0.847. The maximum Gasteiger partial charge on any atom is 0.258 e. The second-order valence-electron chi connectivity index (χ2n) is 4.64. The largest absolute Gasteiger partial charge is 0.341 e. The average Bonchev–Trinajstić information content (AvgIpc) is 2.90. The first kappa shape index (κ1) is 13.7. The number of aromatic nitrogens is 6. The van der Waals surface area contributed by atoms with Gasteiger partial charge in [0.25, 0.3) is 5.95 Å². The summed E-state index contributed by atoms with van der Waals surface area (Å²) in [5, 5.41) is 4.12. The van der Waals surface area contributed by atoms with Crippen molar-refractivity contribution in [1.29, 1.82) is 0 Å². The first-order chi connectivity index (χ1) is 8.99. The van der Waals surface area contributed by atoms with Gasteiger partial charge in [0.05, 0.1) is 0 Å². The van der Waals surface area contributed by atoms with E-state index in [1.165, 1.54) is 17.3 Å². The monoisotopic (exact) mass is 281 g/mol. The molecule has 0 saturated heterocycles. The number of anilines is 1. The summed E-state index contributed by atoms with van der Waals surface area (Å²) in [7, 11) is 1.93. The van der Waals surface area contributed by atoms with Crippen LogP contribution in [0.4, 0.5) is 5.95 Å². The predicted molar refractivity (Wildman–Crippen MR) is 72.5 cm³/mol. The molecule has 1 unspecified atom stereocenters. The molecule has 1 atom stereocenters. The van der Waals surface area contributed by atoms with Gasteiger partial charge in [-0.1, -0.05) is 13.8 Å². The number of hydrogen-bond acceptors (Lipinski definition) is 6. The molecule has 0 spiro atoms. The standard InChI is InChI=1S/C11H16ClN7/c1-7(2)8(3)18(4)10-15-9(12)16-11(17-10)19-6-13-5-14-19/h5-8H,1-4H3. The summed E-state index contributed by atoms with van der Waals surface area (Å²) < 4.78 is 1.45. The number of halogens is 1. The fourth-order valence-corrected chi connectivity index (χ4v) is 1.68. The zero-order valence-corrected chi connectivity index (χ0v) is 12.1. The van der Waals surface area contributed by atoms with E-state index in [9.17, 15) is 0 Å². The van der Waals surface area contributed by atoms with Gasteiger partial charge in [0.1, 0.15) is 12.7 Å². The minimum atomic E-state index is 0.137. The van der Waals surface area contributed by atoms with Crippen molar-refractivity contribution >= 4 is 17.5 Å². The average molecular weight is 282 g/mol. The van der Waals surface area contributed by atoms with Crippen LogP contribution in [0.25, 0.3) is 5.95 Å². The lowest BCUT2D eigenvalue weighted by Gasteiger charge is -2.27. The first-order valence-corrected chi connectivity index (χ1v) is 6.36. The molecule has 2 rings (SSSR count). The summed E-state index contributed by atoms with van der Waals surface area (Å²) >= 11 is 5.94. The van der Waals surface area contributed by atoms with Crippen LogP contribution in [0.3, 0.4) is 0 Å². The second kappa shape index (κ2) is 5.48. The van der Waals surface area contributed by atoms with Crippen molar-refractivity contribution in [1.82, 2.24) is 29.7 Å². The maximum atomic E-state index is 5.94. The predicted octanol–water partition coefficient (Wildman–Crippen LogP) is 1.59. The number of hydrogen-bond donors (Lipinski definition) is 0. The van der Waals surface area contributed by atoms with E-state index in [1.54, 1.807) is 0 Å². The highest BCUT2D eigenvalue weighted by molar-refractivity contribution is 6.28. The second-order valence-corrected chi connectivity index (χ2v) is 4.98. The molecule has 0 aromatic carbocycles. The van der Waals surface area contributed by atoms with Crippen molar-refractivity contribution in [3.05, 3.63) is 17.9 Å². The third-order valence-electron chi connectivity index (χ3n) is 3.10. The molecular formula is C11H16ClN7.